The fourth-order valence-electron chi connectivity index (χ4n) is 4.77. The molecule has 6 nitrogen and oxygen atoms in total. The topological polar surface area (TPSA) is 76.9 Å². The fourth-order valence-corrected chi connectivity index (χ4v) is 7.71. The van der Waals surface area contributed by atoms with Gasteiger partial charge < -0.3 is 5.32 Å². The van der Waals surface area contributed by atoms with E-state index < -0.39 is 5.25 Å². The van der Waals surface area contributed by atoms with Crippen LogP contribution in [0.4, 0.5) is 5.13 Å². The summed E-state index contributed by atoms with van der Waals surface area (Å²) in [4.78, 5) is 38.8. The number of rotatable bonds is 6. The van der Waals surface area contributed by atoms with E-state index in [1.807, 2.05) is 74.7 Å². The lowest BCUT2D eigenvalue weighted by molar-refractivity contribution is -0.115. The zero-order valence-corrected chi connectivity index (χ0v) is 23.7. The van der Waals surface area contributed by atoms with Crippen LogP contribution in [0.3, 0.4) is 0 Å². The molecule has 0 saturated heterocycles. The number of aryl methyl sites for hydroxylation is 4. The number of nitrogens with zero attached hydrogens (tertiary/aromatic N) is 3. The fraction of sp³-hybridized carbons (Fsp3) is 0.241. The van der Waals surface area contributed by atoms with E-state index >= 15 is 0 Å². The first-order valence-corrected chi connectivity index (χ1v) is 15.1. The van der Waals surface area contributed by atoms with Gasteiger partial charge in [0.1, 0.15) is 4.83 Å². The first kappa shape index (κ1) is 25.0. The molecule has 192 valence electrons. The van der Waals surface area contributed by atoms with E-state index in [2.05, 4.69) is 10.3 Å². The highest BCUT2D eigenvalue weighted by molar-refractivity contribution is 8.00. The van der Waals surface area contributed by atoms with E-state index in [-0.39, 0.29) is 11.5 Å². The van der Waals surface area contributed by atoms with Crippen LogP contribution in [0.25, 0.3) is 27.2 Å². The van der Waals surface area contributed by atoms with E-state index in [0.29, 0.717) is 10.3 Å². The van der Waals surface area contributed by atoms with Crippen molar-refractivity contribution in [2.75, 3.05) is 5.32 Å². The summed E-state index contributed by atoms with van der Waals surface area (Å²) in [5.41, 5.74) is 5.79. The molecule has 3 aromatic heterocycles. The predicted molar refractivity (Wildman–Crippen MR) is 158 cm³/mol. The summed E-state index contributed by atoms with van der Waals surface area (Å²) in [5.74, 6) is -0.181. The van der Waals surface area contributed by atoms with Crippen molar-refractivity contribution in [1.82, 2.24) is 14.5 Å². The van der Waals surface area contributed by atoms with Gasteiger partial charge in [-0.25, -0.2) is 9.97 Å². The van der Waals surface area contributed by atoms with Gasteiger partial charge in [-0.05, 0) is 62.8 Å². The molecule has 3 heterocycles. The summed E-state index contributed by atoms with van der Waals surface area (Å²) in [6.45, 7) is 5.85. The molecule has 0 fully saturated rings. The van der Waals surface area contributed by atoms with Crippen LogP contribution in [-0.2, 0) is 17.6 Å². The Morgan fingerprint density at radius 1 is 1.11 bits per heavy atom. The summed E-state index contributed by atoms with van der Waals surface area (Å²) in [7, 11) is 0. The molecule has 5 aromatic rings. The average Bonchev–Trinajstić information content (AvgIpc) is 3.63. The van der Waals surface area contributed by atoms with Gasteiger partial charge in [-0.2, -0.15) is 0 Å². The third kappa shape index (κ3) is 4.59. The van der Waals surface area contributed by atoms with Crippen molar-refractivity contribution < 1.29 is 4.79 Å². The molecule has 0 unspecified atom stereocenters. The van der Waals surface area contributed by atoms with Crippen molar-refractivity contribution in [2.24, 2.45) is 0 Å². The first-order valence-electron chi connectivity index (χ1n) is 12.5. The minimum Gasteiger partial charge on any atom is -0.301 e. The molecule has 38 heavy (non-hydrogen) atoms. The van der Waals surface area contributed by atoms with Gasteiger partial charge in [0.2, 0.25) is 5.91 Å². The number of fused-ring (bicyclic) bond motifs is 3. The van der Waals surface area contributed by atoms with Crippen molar-refractivity contribution in [1.29, 1.82) is 0 Å². The number of carbonyl (C=O) groups excluding carboxylic acids is 1. The number of hydrogen-bond donors (Lipinski definition) is 1. The highest BCUT2D eigenvalue weighted by Gasteiger charge is 2.26. The van der Waals surface area contributed by atoms with Crippen LogP contribution < -0.4 is 10.9 Å². The lowest BCUT2D eigenvalue weighted by Gasteiger charge is -2.17. The molecule has 0 radical (unpaired) electrons. The minimum absolute atomic E-state index is 0.0503. The highest BCUT2D eigenvalue weighted by atomic mass is 32.2. The molecule has 9 heteroatoms. The zero-order valence-electron chi connectivity index (χ0n) is 21.3. The molecule has 1 atom stereocenters. The minimum atomic E-state index is -0.494. The van der Waals surface area contributed by atoms with E-state index in [1.54, 1.807) is 15.9 Å². The number of thiophene rings is 1. The van der Waals surface area contributed by atoms with Crippen molar-refractivity contribution in [2.45, 2.75) is 50.4 Å². The summed E-state index contributed by atoms with van der Waals surface area (Å²) in [6, 6.07) is 16.0. The second-order valence-electron chi connectivity index (χ2n) is 9.52. The Balaban J connectivity index is 1.34. The van der Waals surface area contributed by atoms with Gasteiger partial charge in [-0.1, -0.05) is 54.2 Å². The Bertz CT molecular complexity index is 1740. The quantitative estimate of drug-likeness (QED) is 0.183. The number of aromatic nitrogens is 3. The Kier molecular flexibility index (Phi) is 6.67. The lowest BCUT2D eigenvalue weighted by Crippen LogP contribution is -2.26. The summed E-state index contributed by atoms with van der Waals surface area (Å²) in [5, 5.41) is 6.21. The second kappa shape index (κ2) is 10.1. The Hall–Kier alpha value is -3.27. The summed E-state index contributed by atoms with van der Waals surface area (Å²) in [6.07, 6.45) is 3.00. The molecule has 1 N–H and O–H groups in total. The maximum Gasteiger partial charge on any atom is 0.267 e. The SMILES string of the molecule is Cc1ccc(C)c(-n2c(S[C@H](C)C(=O)Nc3nc(-c4ccccc4)cs3)nc3sc4c(c3c2=O)CCC4)c1. The molecular weight excluding hydrogens is 533 g/mol. The molecule has 0 aliphatic heterocycles. The molecule has 6 rings (SSSR count). The van der Waals surface area contributed by atoms with Gasteiger partial charge >= 0.3 is 0 Å². The number of benzene rings is 2. The van der Waals surface area contributed by atoms with Gasteiger partial charge in [-0.15, -0.1) is 22.7 Å². The maximum atomic E-state index is 14.0. The molecule has 0 bridgehead atoms. The summed E-state index contributed by atoms with van der Waals surface area (Å²) < 4.78 is 1.71. The molecule has 1 amide bonds. The molecular formula is C29H26N4O2S3. The van der Waals surface area contributed by atoms with Crippen molar-refractivity contribution in [3.05, 3.63) is 85.8 Å². The van der Waals surface area contributed by atoms with Crippen LogP contribution in [0, 0.1) is 13.8 Å². The van der Waals surface area contributed by atoms with Crippen LogP contribution in [-0.4, -0.2) is 25.7 Å². The largest absolute Gasteiger partial charge is 0.301 e. The van der Waals surface area contributed by atoms with Crippen LogP contribution in [0.1, 0.15) is 34.9 Å². The van der Waals surface area contributed by atoms with E-state index in [9.17, 15) is 9.59 Å². The molecule has 0 spiro atoms. The van der Waals surface area contributed by atoms with E-state index in [0.717, 1.165) is 63.1 Å². The molecule has 0 saturated carbocycles. The number of anilines is 1. The van der Waals surface area contributed by atoms with Crippen molar-refractivity contribution in [3.63, 3.8) is 0 Å². The standard InChI is InChI=1S/C29H26N4O2S3/c1-16-12-13-17(2)22(14-16)33-27(35)24-20-10-7-11-23(20)38-26(24)32-29(33)37-18(3)25(34)31-28-30-21(15-36-28)19-8-5-4-6-9-19/h4-6,8-9,12-15,18H,7,10-11H2,1-3H3,(H,30,31,34)/t18-/m1/s1. The highest BCUT2D eigenvalue weighted by Crippen LogP contribution is 2.37. The van der Waals surface area contributed by atoms with Crippen molar-refractivity contribution in [3.8, 4) is 16.9 Å². The smallest absolute Gasteiger partial charge is 0.267 e. The maximum absolute atomic E-state index is 14.0. The Labute approximate surface area is 232 Å². The molecule has 1 aliphatic rings. The van der Waals surface area contributed by atoms with E-state index in [4.69, 9.17) is 4.98 Å². The zero-order chi connectivity index (χ0) is 26.4. The van der Waals surface area contributed by atoms with Crippen LogP contribution in [0.5, 0.6) is 0 Å². The van der Waals surface area contributed by atoms with Gasteiger partial charge in [0.05, 0.1) is 22.0 Å². The van der Waals surface area contributed by atoms with Crippen LogP contribution >= 0.6 is 34.4 Å². The normalized spacial score (nSPS) is 13.6. The monoisotopic (exact) mass is 558 g/mol. The number of hydrogen-bond acceptors (Lipinski definition) is 7. The van der Waals surface area contributed by atoms with Gasteiger partial charge in [-0.3, -0.25) is 14.2 Å². The van der Waals surface area contributed by atoms with E-state index in [1.165, 1.54) is 28.0 Å². The first-order chi connectivity index (χ1) is 18.4. The summed E-state index contributed by atoms with van der Waals surface area (Å²) >= 11 is 4.32. The van der Waals surface area contributed by atoms with Crippen LogP contribution in [0.15, 0.2) is 63.9 Å². The Morgan fingerprint density at radius 3 is 2.74 bits per heavy atom. The lowest BCUT2D eigenvalue weighted by atomic mass is 10.1. The number of thiazole rings is 1. The average molecular weight is 559 g/mol. The third-order valence-electron chi connectivity index (χ3n) is 6.77. The number of thioether (sulfide) groups is 1. The van der Waals surface area contributed by atoms with Gasteiger partial charge in [0.15, 0.2) is 10.3 Å². The molecule has 2 aromatic carbocycles. The Morgan fingerprint density at radius 2 is 1.92 bits per heavy atom. The predicted octanol–water partition coefficient (Wildman–Crippen LogP) is 6.80. The van der Waals surface area contributed by atoms with Crippen molar-refractivity contribution >= 4 is 55.7 Å². The van der Waals surface area contributed by atoms with Gasteiger partial charge in [0.25, 0.3) is 5.56 Å². The third-order valence-corrected chi connectivity index (χ3v) is 9.76. The molecule has 1 aliphatic carbocycles. The number of carbonyl (C=O) groups is 1. The number of nitrogens with one attached hydrogen (secondary N) is 1. The van der Waals surface area contributed by atoms with Crippen LogP contribution in [0.2, 0.25) is 0 Å². The number of amides is 1. The van der Waals surface area contributed by atoms with Gasteiger partial charge in [0, 0.05) is 15.8 Å². The second-order valence-corrected chi connectivity index (χ2v) is 12.8.